The van der Waals surface area contributed by atoms with Gasteiger partial charge in [-0.15, -0.1) is 10.2 Å². The Kier molecular flexibility index (Phi) is 2.95. The van der Waals surface area contributed by atoms with Gasteiger partial charge in [-0.3, -0.25) is 9.30 Å². The molecular weight excluding hydrogens is 292 g/mol. The van der Waals surface area contributed by atoms with Gasteiger partial charge in [0.25, 0.3) is 0 Å². The molecule has 2 aliphatic rings. The molecule has 23 heavy (non-hydrogen) atoms. The number of nitrogens with zero attached hydrogens (tertiary/aromatic N) is 4. The molecule has 2 fully saturated rings. The van der Waals surface area contributed by atoms with Gasteiger partial charge in [0, 0.05) is 12.7 Å². The van der Waals surface area contributed by atoms with Crippen molar-refractivity contribution in [3.8, 4) is 0 Å². The Labute approximate surface area is 135 Å². The molecule has 4 rings (SSSR count). The number of hydrogen-bond donors (Lipinski definition) is 0. The lowest BCUT2D eigenvalue weighted by atomic mass is 10.0. The summed E-state index contributed by atoms with van der Waals surface area (Å²) in [5.41, 5.74) is 0.583. The second-order valence-corrected chi connectivity index (χ2v) is 7.82. The highest BCUT2D eigenvalue weighted by atomic mass is 16.6. The molecule has 0 unspecified atom stereocenters. The van der Waals surface area contributed by atoms with E-state index >= 15 is 0 Å². The van der Waals surface area contributed by atoms with Crippen molar-refractivity contribution in [2.75, 3.05) is 6.54 Å². The van der Waals surface area contributed by atoms with Crippen molar-refractivity contribution in [1.29, 1.82) is 0 Å². The quantitative estimate of drug-likeness (QED) is 0.811. The molecule has 0 radical (unpaired) electrons. The number of aromatic nitrogens is 3. The standard InChI is InChI=1S/C17H22N4O2/c1-16(2,3)23-15(22)21-11-17(7-8-17)10-12(21)14-19-18-13-6-4-5-9-20(13)14/h4-6,9,12H,7-8,10-11H2,1-3H3/t12-/m0/s1. The molecule has 6 heteroatoms. The van der Waals surface area contributed by atoms with Crippen LogP contribution < -0.4 is 0 Å². The van der Waals surface area contributed by atoms with Gasteiger partial charge in [-0.25, -0.2) is 4.79 Å². The molecular formula is C17H22N4O2. The van der Waals surface area contributed by atoms with Crippen molar-refractivity contribution in [2.45, 2.75) is 51.7 Å². The number of hydrogen-bond acceptors (Lipinski definition) is 4. The lowest BCUT2D eigenvalue weighted by Gasteiger charge is -2.27. The fourth-order valence-corrected chi connectivity index (χ4v) is 3.43. The maximum absolute atomic E-state index is 12.7. The number of rotatable bonds is 1. The van der Waals surface area contributed by atoms with Crippen LogP contribution in [0, 0.1) is 5.41 Å². The highest BCUT2D eigenvalue weighted by molar-refractivity contribution is 5.69. The fraction of sp³-hybridized carbons (Fsp3) is 0.588. The lowest BCUT2D eigenvalue weighted by Crippen LogP contribution is -2.37. The molecule has 0 aromatic carbocycles. The summed E-state index contributed by atoms with van der Waals surface area (Å²) in [6.07, 6.45) is 5.01. The number of pyridine rings is 1. The summed E-state index contributed by atoms with van der Waals surface area (Å²) in [6.45, 7) is 6.45. The zero-order chi connectivity index (χ0) is 16.2. The average molecular weight is 314 g/mol. The molecule has 1 saturated heterocycles. The number of carbonyl (C=O) groups excluding carboxylic acids is 1. The molecule has 1 atom stereocenters. The summed E-state index contributed by atoms with van der Waals surface area (Å²) < 4.78 is 7.59. The lowest BCUT2D eigenvalue weighted by molar-refractivity contribution is 0.0211. The van der Waals surface area contributed by atoms with Gasteiger partial charge in [0.2, 0.25) is 0 Å². The number of fused-ring (bicyclic) bond motifs is 1. The number of likely N-dealkylation sites (tertiary alicyclic amines) is 1. The van der Waals surface area contributed by atoms with E-state index in [1.807, 2.05) is 54.5 Å². The summed E-state index contributed by atoms with van der Waals surface area (Å²) in [4.78, 5) is 14.5. The first-order valence-electron chi connectivity index (χ1n) is 8.16. The SMILES string of the molecule is CC(C)(C)OC(=O)N1CC2(CC2)C[C@H]1c1nnc2ccccn12. The van der Waals surface area contributed by atoms with Crippen molar-refractivity contribution >= 4 is 11.7 Å². The van der Waals surface area contributed by atoms with Crippen molar-refractivity contribution in [2.24, 2.45) is 5.41 Å². The van der Waals surface area contributed by atoms with Gasteiger partial charge in [-0.2, -0.15) is 0 Å². The fourth-order valence-electron chi connectivity index (χ4n) is 3.43. The van der Waals surface area contributed by atoms with Crippen molar-refractivity contribution in [3.05, 3.63) is 30.2 Å². The maximum Gasteiger partial charge on any atom is 0.410 e. The summed E-state index contributed by atoms with van der Waals surface area (Å²) >= 11 is 0. The molecule has 1 amide bonds. The van der Waals surface area contributed by atoms with Crippen LogP contribution in [0.2, 0.25) is 0 Å². The molecule has 2 aromatic heterocycles. The zero-order valence-electron chi connectivity index (χ0n) is 13.8. The molecule has 3 heterocycles. The average Bonchev–Trinajstić information content (AvgIpc) is 2.93. The highest BCUT2D eigenvalue weighted by Gasteiger charge is 2.55. The zero-order valence-corrected chi connectivity index (χ0v) is 13.8. The molecule has 1 spiro atoms. The molecule has 1 saturated carbocycles. The Morgan fingerprint density at radius 3 is 2.78 bits per heavy atom. The smallest absolute Gasteiger partial charge is 0.410 e. The highest BCUT2D eigenvalue weighted by Crippen LogP contribution is 2.58. The third-order valence-corrected chi connectivity index (χ3v) is 4.73. The van der Waals surface area contributed by atoms with Crippen LogP contribution in [0.1, 0.15) is 51.9 Å². The van der Waals surface area contributed by atoms with Gasteiger partial charge >= 0.3 is 6.09 Å². The van der Waals surface area contributed by atoms with E-state index < -0.39 is 5.60 Å². The van der Waals surface area contributed by atoms with E-state index in [9.17, 15) is 4.79 Å². The third kappa shape index (κ3) is 2.56. The van der Waals surface area contributed by atoms with Crippen molar-refractivity contribution in [3.63, 3.8) is 0 Å². The van der Waals surface area contributed by atoms with Crippen molar-refractivity contribution < 1.29 is 9.53 Å². The molecule has 2 aromatic rings. The molecule has 122 valence electrons. The van der Waals surface area contributed by atoms with E-state index in [-0.39, 0.29) is 17.6 Å². The topological polar surface area (TPSA) is 59.7 Å². The van der Waals surface area contributed by atoms with E-state index in [0.717, 1.165) is 24.4 Å². The van der Waals surface area contributed by atoms with E-state index in [4.69, 9.17) is 4.74 Å². The van der Waals surface area contributed by atoms with Crippen LogP contribution in [0.5, 0.6) is 0 Å². The molecule has 0 N–H and O–H groups in total. The van der Waals surface area contributed by atoms with Crippen molar-refractivity contribution in [1.82, 2.24) is 19.5 Å². The normalized spacial score (nSPS) is 22.7. The van der Waals surface area contributed by atoms with Crippen LogP contribution in [0.3, 0.4) is 0 Å². The van der Waals surface area contributed by atoms with E-state index in [0.29, 0.717) is 0 Å². The number of amides is 1. The largest absolute Gasteiger partial charge is 0.444 e. The maximum atomic E-state index is 12.7. The summed E-state index contributed by atoms with van der Waals surface area (Å²) in [7, 11) is 0. The van der Waals surface area contributed by atoms with Gasteiger partial charge in [0.1, 0.15) is 5.60 Å². The first-order valence-corrected chi connectivity index (χ1v) is 8.16. The predicted molar refractivity (Wildman–Crippen MR) is 85.0 cm³/mol. The van der Waals surface area contributed by atoms with Crippen LogP contribution in [0.25, 0.3) is 5.65 Å². The van der Waals surface area contributed by atoms with Crippen LogP contribution in [0.15, 0.2) is 24.4 Å². The number of ether oxygens (including phenoxy) is 1. The second-order valence-electron chi connectivity index (χ2n) is 7.82. The van der Waals surface area contributed by atoms with E-state index in [1.165, 1.54) is 12.8 Å². The predicted octanol–water partition coefficient (Wildman–Crippen LogP) is 3.19. The minimum absolute atomic E-state index is 0.0650. The Bertz CT molecular complexity index is 757. The molecule has 0 bridgehead atoms. The minimum Gasteiger partial charge on any atom is -0.444 e. The van der Waals surface area contributed by atoms with E-state index in [1.54, 1.807) is 0 Å². The van der Waals surface area contributed by atoms with Gasteiger partial charge in [0.15, 0.2) is 11.5 Å². The van der Waals surface area contributed by atoms with Crippen LogP contribution in [-0.4, -0.2) is 37.7 Å². The monoisotopic (exact) mass is 314 g/mol. The Hall–Kier alpha value is -2.11. The van der Waals surface area contributed by atoms with Gasteiger partial charge < -0.3 is 4.74 Å². The van der Waals surface area contributed by atoms with Crippen LogP contribution in [0.4, 0.5) is 4.79 Å². The summed E-state index contributed by atoms with van der Waals surface area (Å²) in [5, 5.41) is 8.60. The minimum atomic E-state index is -0.492. The van der Waals surface area contributed by atoms with Crippen LogP contribution >= 0.6 is 0 Å². The first kappa shape index (κ1) is 14.5. The van der Waals surface area contributed by atoms with Gasteiger partial charge in [-0.1, -0.05) is 6.07 Å². The summed E-state index contributed by atoms with van der Waals surface area (Å²) in [6, 6.07) is 5.76. The molecule has 6 nitrogen and oxygen atoms in total. The van der Waals surface area contributed by atoms with Crippen LogP contribution in [-0.2, 0) is 4.74 Å². The first-order chi connectivity index (χ1) is 10.9. The second kappa shape index (κ2) is 4.69. The Morgan fingerprint density at radius 1 is 1.30 bits per heavy atom. The van der Waals surface area contributed by atoms with Gasteiger partial charge in [0.05, 0.1) is 6.04 Å². The Balaban J connectivity index is 1.69. The number of carbonyl (C=O) groups is 1. The molecule has 1 aliphatic heterocycles. The van der Waals surface area contributed by atoms with E-state index in [2.05, 4.69) is 10.2 Å². The van der Waals surface area contributed by atoms with Gasteiger partial charge in [-0.05, 0) is 57.6 Å². The summed E-state index contributed by atoms with van der Waals surface area (Å²) in [5.74, 6) is 0.829. The Morgan fingerprint density at radius 2 is 2.09 bits per heavy atom. The molecule has 1 aliphatic carbocycles. The third-order valence-electron chi connectivity index (χ3n) is 4.73.